The van der Waals surface area contributed by atoms with Crippen LogP contribution in [0.4, 0.5) is 0 Å². The van der Waals surface area contributed by atoms with Crippen LogP contribution >= 0.6 is 24.4 Å². The van der Waals surface area contributed by atoms with Gasteiger partial charge in [-0.2, -0.15) is 0 Å². The summed E-state index contributed by atoms with van der Waals surface area (Å²) in [7, 11) is 0. The summed E-state index contributed by atoms with van der Waals surface area (Å²) in [5.74, 6) is 0. The minimum absolute atomic E-state index is 0.450. The Kier molecular flexibility index (Phi) is 7.87. The molecule has 2 aromatic rings. The number of rotatable bonds is 5. The van der Waals surface area contributed by atoms with Gasteiger partial charge in [0, 0.05) is 5.56 Å². The normalized spacial score (nSPS) is 9.76. The summed E-state index contributed by atoms with van der Waals surface area (Å²) in [5, 5.41) is 2.38. The predicted molar refractivity (Wildman–Crippen MR) is 101 cm³/mol. The maximum Gasteiger partial charge on any atom is 0.104 e. The third-order valence-corrected chi connectivity index (χ3v) is 3.50. The molecule has 0 aliphatic heterocycles. The Morgan fingerprint density at radius 2 is 1.62 bits per heavy atom. The van der Waals surface area contributed by atoms with Crippen LogP contribution in [0.3, 0.4) is 0 Å². The van der Waals surface area contributed by atoms with E-state index in [1.807, 2.05) is 30.3 Å². The fourth-order valence-corrected chi connectivity index (χ4v) is 2.16. The Labute approximate surface area is 137 Å². The summed E-state index contributed by atoms with van der Waals surface area (Å²) >= 11 is 9.59. The molecule has 0 heterocycles. The third-order valence-electron chi connectivity index (χ3n) is 3.06. The Morgan fingerprint density at radius 1 is 0.952 bits per heavy atom. The van der Waals surface area contributed by atoms with E-state index >= 15 is 0 Å². The highest BCUT2D eigenvalue weighted by molar-refractivity contribution is 7.80. The molecule has 0 spiro atoms. The van der Waals surface area contributed by atoms with Crippen molar-refractivity contribution in [3.8, 4) is 0 Å². The molecule has 0 aliphatic rings. The van der Waals surface area contributed by atoms with Crippen LogP contribution < -0.4 is 11.5 Å². The quantitative estimate of drug-likeness (QED) is 0.636. The van der Waals surface area contributed by atoms with Crippen LogP contribution in [0.2, 0.25) is 0 Å². The van der Waals surface area contributed by atoms with Gasteiger partial charge in [0.15, 0.2) is 0 Å². The highest BCUT2D eigenvalue weighted by Crippen LogP contribution is 2.15. The molecule has 0 saturated heterocycles. The van der Waals surface area contributed by atoms with Crippen molar-refractivity contribution in [3.05, 3.63) is 48.0 Å². The second kappa shape index (κ2) is 9.42. The van der Waals surface area contributed by atoms with Crippen molar-refractivity contribution in [1.29, 1.82) is 0 Å². The summed E-state index contributed by atoms with van der Waals surface area (Å²) in [6.07, 6.45) is 4.56. The van der Waals surface area contributed by atoms with Gasteiger partial charge in [-0.05, 0) is 29.7 Å². The number of hydrogen-bond acceptors (Lipinski definition) is 2. The highest BCUT2D eigenvalue weighted by atomic mass is 32.1. The van der Waals surface area contributed by atoms with E-state index in [0.29, 0.717) is 9.98 Å². The zero-order chi connectivity index (χ0) is 15.7. The van der Waals surface area contributed by atoms with Crippen LogP contribution in [0.25, 0.3) is 10.8 Å². The maximum atomic E-state index is 5.54. The minimum Gasteiger partial charge on any atom is -0.393 e. The lowest BCUT2D eigenvalue weighted by atomic mass is 10.1. The van der Waals surface area contributed by atoms with E-state index < -0.39 is 0 Å². The number of benzene rings is 2. The molecule has 4 N–H and O–H groups in total. The van der Waals surface area contributed by atoms with Crippen molar-refractivity contribution in [1.82, 2.24) is 0 Å². The number of thiocarbonyl (C=S) groups is 2. The molecule has 0 fully saturated rings. The average Bonchev–Trinajstić information content (AvgIpc) is 2.47. The van der Waals surface area contributed by atoms with E-state index in [9.17, 15) is 0 Å². The van der Waals surface area contributed by atoms with Gasteiger partial charge in [-0.3, -0.25) is 0 Å². The van der Waals surface area contributed by atoms with E-state index in [-0.39, 0.29) is 0 Å². The van der Waals surface area contributed by atoms with Crippen molar-refractivity contribution in [3.63, 3.8) is 0 Å². The molecule has 0 unspecified atom stereocenters. The minimum atomic E-state index is 0.450. The first-order valence-corrected chi connectivity index (χ1v) is 7.93. The highest BCUT2D eigenvalue weighted by Gasteiger charge is 1.97. The number of nitrogens with two attached hydrogens (primary N) is 2. The molecule has 112 valence electrons. The molecule has 2 rings (SSSR count). The largest absolute Gasteiger partial charge is 0.393 e. The Bertz CT molecular complexity index is 609. The van der Waals surface area contributed by atoms with Crippen LogP contribution in [-0.4, -0.2) is 9.98 Å². The molecule has 0 atom stereocenters. The molecule has 2 nitrogen and oxygen atoms in total. The lowest BCUT2D eigenvalue weighted by Crippen LogP contribution is -2.08. The fourth-order valence-electron chi connectivity index (χ4n) is 1.89. The molecule has 0 aromatic heterocycles. The fraction of sp³-hybridized carbons (Fsp3) is 0.294. The van der Waals surface area contributed by atoms with Crippen molar-refractivity contribution in [2.45, 2.75) is 32.6 Å². The van der Waals surface area contributed by atoms with Crippen LogP contribution in [0, 0.1) is 0 Å². The summed E-state index contributed by atoms with van der Waals surface area (Å²) < 4.78 is 0. The number of fused-ring (bicyclic) bond motifs is 1. The SMILES string of the molecule is CCCCCC(N)=S.NC(=S)c1ccc2ccccc2c1. The van der Waals surface area contributed by atoms with E-state index in [1.165, 1.54) is 23.6 Å². The standard InChI is InChI=1S/C11H9NS.C6H13NS/c12-11(13)10-6-5-8-3-1-2-4-9(8)7-10;1-2-3-4-5-6(7)8/h1-7H,(H2,12,13);2-5H2,1H3,(H2,7,8). The third kappa shape index (κ3) is 6.65. The molecule has 0 radical (unpaired) electrons. The van der Waals surface area contributed by atoms with E-state index in [0.717, 1.165) is 18.4 Å². The van der Waals surface area contributed by atoms with Gasteiger partial charge in [0.25, 0.3) is 0 Å². The second-order valence-electron chi connectivity index (χ2n) is 4.85. The lowest BCUT2D eigenvalue weighted by molar-refractivity contribution is 0.743. The summed E-state index contributed by atoms with van der Waals surface area (Å²) in [5.41, 5.74) is 11.7. The molecule has 21 heavy (non-hydrogen) atoms. The van der Waals surface area contributed by atoms with Crippen LogP contribution in [0.5, 0.6) is 0 Å². The van der Waals surface area contributed by atoms with Gasteiger partial charge >= 0.3 is 0 Å². The van der Waals surface area contributed by atoms with Crippen LogP contribution in [0.1, 0.15) is 38.2 Å². The topological polar surface area (TPSA) is 52.0 Å². The van der Waals surface area contributed by atoms with Gasteiger partial charge in [0.1, 0.15) is 4.99 Å². The molecule has 0 bridgehead atoms. The molecule has 2 aromatic carbocycles. The average molecular weight is 319 g/mol. The van der Waals surface area contributed by atoms with E-state index in [4.69, 9.17) is 23.7 Å². The Balaban J connectivity index is 0.000000240. The molecule has 0 aliphatic carbocycles. The molecule has 0 amide bonds. The van der Waals surface area contributed by atoms with E-state index in [1.54, 1.807) is 0 Å². The lowest BCUT2D eigenvalue weighted by Gasteiger charge is -2.00. The van der Waals surface area contributed by atoms with Crippen molar-refractivity contribution in [2.24, 2.45) is 11.5 Å². The monoisotopic (exact) mass is 318 g/mol. The first-order valence-electron chi connectivity index (χ1n) is 7.11. The number of hydrogen-bond donors (Lipinski definition) is 2. The summed E-state index contributed by atoms with van der Waals surface area (Å²) in [4.78, 5) is 1.10. The van der Waals surface area contributed by atoms with Crippen molar-refractivity contribution >= 4 is 45.2 Å². The Morgan fingerprint density at radius 3 is 2.19 bits per heavy atom. The first kappa shape index (κ1) is 17.5. The predicted octanol–water partition coefficient (Wildman–Crippen LogP) is 4.33. The van der Waals surface area contributed by atoms with Gasteiger partial charge in [-0.25, -0.2) is 0 Å². The van der Waals surface area contributed by atoms with Gasteiger partial charge in [-0.15, -0.1) is 0 Å². The number of unbranched alkanes of at least 4 members (excludes halogenated alkanes) is 2. The zero-order valence-electron chi connectivity index (χ0n) is 12.3. The smallest absolute Gasteiger partial charge is 0.104 e. The van der Waals surface area contributed by atoms with Gasteiger partial charge in [0.05, 0.1) is 4.99 Å². The molecular weight excluding hydrogens is 296 g/mol. The Hall–Kier alpha value is -1.52. The molecule has 4 heteroatoms. The van der Waals surface area contributed by atoms with E-state index in [2.05, 4.69) is 31.3 Å². The van der Waals surface area contributed by atoms with Crippen LogP contribution in [-0.2, 0) is 0 Å². The first-order chi connectivity index (χ1) is 10.0. The van der Waals surface area contributed by atoms with Crippen LogP contribution in [0.15, 0.2) is 42.5 Å². The summed E-state index contributed by atoms with van der Waals surface area (Å²) in [6, 6.07) is 14.1. The summed E-state index contributed by atoms with van der Waals surface area (Å²) in [6.45, 7) is 2.17. The van der Waals surface area contributed by atoms with Crippen molar-refractivity contribution < 1.29 is 0 Å². The van der Waals surface area contributed by atoms with Gasteiger partial charge < -0.3 is 11.5 Å². The van der Waals surface area contributed by atoms with Gasteiger partial charge in [0.2, 0.25) is 0 Å². The van der Waals surface area contributed by atoms with Crippen molar-refractivity contribution in [2.75, 3.05) is 0 Å². The maximum absolute atomic E-state index is 5.54. The van der Waals surface area contributed by atoms with Gasteiger partial charge in [-0.1, -0.05) is 80.6 Å². The molecule has 0 saturated carbocycles. The molecular formula is C17H22N2S2. The zero-order valence-corrected chi connectivity index (χ0v) is 14.0. The second-order valence-corrected chi connectivity index (χ2v) is 5.81.